The highest BCUT2D eigenvalue weighted by Gasteiger charge is 2.05. The molecular formula is C10H10ClN3O. The standard InChI is InChI=1S/C10H10ClN3O/c1-15-6-2-3-8-7(4-6)10(11)14-9(5-12)13-8/h2-4H,5,12H2,1H3. The van der Waals surface area contributed by atoms with Crippen LogP contribution < -0.4 is 10.5 Å². The lowest BCUT2D eigenvalue weighted by atomic mass is 10.2. The molecule has 0 aliphatic carbocycles. The molecule has 2 N–H and O–H groups in total. The summed E-state index contributed by atoms with van der Waals surface area (Å²) in [5.74, 6) is 1.27. The Morgan fingerprint density at radius 1 is 1.40 bits per heavy atom. The Bertz CT molecular complexity index is 501. The van der Waals surface area contributed by atoms with Gasteiger partial charge in [-0.2, -0.15) is 0 Å². The molecule has 2 aromatic rings. The van der Waals surface area contributed by atoms with Gasteiger partial charge in [0.15, 0.2) is 0 Å². The number of rotatable bonds is 2. The maximum absolute atomic E-state index is 6.01. The molecule has 0 fully saturated rings. The molecule has 1 aromatic carbocycles. The highest BCUT2D eigenvalue weighted by molar-refractivity contribution is 6.34. The number of hydrogen-bond acceptors (Lipinski definition) is 4. The number of methoxy groups -OCH3 is 1. The number of benzene rings is 1. The number of fused-ring (bicyclic) bond motifs is 1. The molecule has 15 heavy (non-hydrogen) atoms. The fourth-order valence-corrected chi connectivity index (χ4v) is 1.58. The number of halogens is 1. The van der Waals surface area contributed by atoms with Crippen molar-refractivity contribution in [1.29, 1.82) is 0 Å². The van der Waals surface area contributed by atoms with E-state index in [1.165, 1.54) is 0 Å². The number of hydrogen-bond donors (Lipinski definition) is 1. The van der Waals surface area contributed by atoms with Crippen molar-refractivity contribution < 1.29 is 4.74 Å². The molecule has 4 nitrogen and oxygen atoms in total. The molecule has 0 aliphatic heterocycles. The van der Waals surface area contributed by atoms with Gasteiger partial charge < -0.3 is 10.5 Å². The van der Waals surface area contributed by atoms with Gasteiger partial charge in [0.1, 0.15) is 16.7 Å². The van der Waals surface area contributed by atoms with Gasteiger partial charge in [0.25, 0.3) is 0 Å². The summed E-state index contributed by atoms with van der Waals surface area (Å²) < 4.78 is 5.09. The summed E-state index contributed by atoms with van der Waals surface area (Å²) in [6.07, 6.45) is 0. The van der Waals surface area contributed by atoms with E-state index in [1.807, 2.05) is 12.1 Å². The van der Waals surface area contributed by atoms with Gasteiger partial charge in [-0.25, -0.2) is 9.97 Å². The van der Waals surface area contributed by atoms with Gasteiger partial charge in [-0.05, 0) is 18.2 Å². The normalized spacial score (nSPS) is 10.6. The van der Waals surface area contributed by atoms with Crippen LogP contribution in [0.15, 0.2) is 18.2 Å². The highest BCUT2D eigenvalue weighted by atomic mass is 35.5. The van der Waals surface area contributed by atoms with Gasteiger partial charge in [0.2, 0.25) is 0 Å². The molecule has 0 unspecified atom stereocenters. The van der Waals surface area contributed by atoms with Gasteiger partial charge in [0, 0.05) is 5.39 Å². The van der Waals surface area contributed by atoms with E-state index < -0.39 is 0 Å². The Morgan fingerprint density at radius 2 is 2.20 bits per heavy atom. The molecular weight excluding hydrogens is 214 g/mol. The van der Waals surface area contributed by atoms with Crippen LogP contribution in [-0.4, -0.2) is 17.1 Å². The maximum atomic E-state index is 6.01. The fourth-order valence-electron chi connectivity index (χ4n) is 1.33. The Hall–Kier alpha value is -1.39. The highest BCUT2D eigenvalue weighted by Crippen LogP contribution is 2.24. The first-order valence-electron chi connectivity index (χ1n) is 4.45. The molecule has 0 bridgehead atoms. The van der Waals surface area contributed by atoms with Crippen LogP contribution in [0.3, 0.4) is 0 Å². The molecule has 1 heterocycles. The SMILES string of the molecule is COc1ccc2nc(CN)nc(Cl)c2c1. The lowest BCUT2D eigenvalue weighted by molar-refractivity contribution is 0.415. The molecule has 0 spiro atoms. The zero-order valence-corrected chi connectivity index (χ0v) is 8.95. The number of nitrogens with zero attached hydrogens (tertiary/aromatic N) is 2. The quantitative estimate of drug-likeness (QED) is 0.788. The van der Waals surface area contributed by atoms with E-state index in [2.05, 4.69) is 9.97 Å². The van der Waals surface area contributed by atoms with Gasteiger partial charge in [-0.15, -0.1) is 0 Å². The molecule has 0 atom stereocenters. The predicted octanol–water partition coefficient (Wildman–Crippen LogP) is 1.75. The van der Waals surface area contributed by atoms with E-state index in [-0.39, 0.29) is 6.54 Å². The Labute approximate surface area is 92.0 Å². The van der Waals surface area contributed by atoms with Crippen LogP contribution in [0.5, 0.6) is 5.75 Å². The lowest BCUT2D eigenvalue weighted by Gasteiger charge is -2.04. The lowest BCUT2D eigenvalue weighted by Crippen LogP contribution is -2.03. The minimum absolute atomic E-state index is 0.279. The topological polar surface area (TPSA) is 61.0 Å². The third-order valence-electron chi connectivity index (χ3n) is 2.09. The Balaban J connectivity index is 2.68. The summed E-state index contributed by atoms with van der Waals surface area (Å²) in [4.78, 5) is 8.32. The van der Waals surface area contributed by atoms with Crippen LogP contribution in [0.25, 0.3) is 10.9 Å². The molecule has 5 heteroatoms. The van der Waals surface area contributed by atoms with Gasteiger partial charge in [0.05, 0.1) is 19.2 Å². The number of aromatic nitrogens is 2. The summed E-state index contributed by atoms with van der Waals surface area (Å²) in [6, 6.07) is 5.46. The van der Waals surface area contributed by atoms with Crippen molar-refractivity contribution in [2.45, 2.75) is 6.54 Å². The Morgan fingerprint density at radius 3 is 2.87 bits per heavy atom. The summed E-state index contributed by atoms with van der Waals surface area (Å²) >= 11 is 6.01. The molecule has 78 valence electrons. The van der Waals surface area contributed by atoms with E-state index in [0.29, 0.717) is 11.0 Å². The monoisotopic (exact) mass is 223 g/mol. The molecule has 0 saturated carbocycles. The molecule has 1 aromatic heterocycles. The molecule has 0 aliphatic rings. The second-order valence-corrected chi connectivity index (χ2v) is 3.38. The van der Waals surface area contributed by atoms with Crippen LogP contribution in [0, 0.1) is 0 Å². The van der Waals surface area contributed by atoms with Crippen molar-refractivity contribution in [3.63, 3.8) is 0 Å². The molecule has 0 amide bonds. The Kier molecular flexibility index (Phi) is 2.70. The first-order valence-corrected chi connectivity index (χ1v) is 4.82. The molecule has 0 radical (unpaired) electrons. The van der Waals surface area contributed by atoms with Crippen LogP contribution in [0.1, 0.15) is 5.82 Å². The largest absolute Gasteiger partial charge is 0.497 e. The van der Waals surface area contributed by atoms with Crippen LogP contribution >= 0.6 is 11.6 Å². The zero-order chi connectivity index (χ0) is 10.8. The maximum Gasteiger partial charge on any atom is 0.144 e. The van der Waals surface area contributed by atoms with Gasteiger partial charge in [-0.3, -0.25) is 0 Å². The minimum Gasteiger partial charge on any atom is -0.497 e. The van der Waals surface area contributed by atoms with Crippen molar-refractivity contribution >= 4 is 22.5 Å². The summed E-state index contributed by atoms with van der Waals surface area (Å²) in [6.45, 7) is 0.279. The van der Waals surface area contributed by atoms with Crippen LogP contribution in [-0.2, 0) is 6.54 Å². The van der Waals surface area contributed by atoms with E-state index in [0.717, 1.165) is 16.7 Å². The van der Waals surface area contributed by atoms with E-state index in [9.17, 15) is 0 Å². The number of nitrogens with two attached hydrogens (primary N) is 1. The minimum atomic E-state index is 0.279. The predicted molar refractivity (Wildman–Crippen MR) is 59.0 cm³/mol. The van der Waals surface area contributed by atoms with E-state index in [4.69, 9.17) is 22.1 Å². The first kappa shape index (κ1) is 10.1. The van der Waals surface area contributed by atoms with Gasteiger partial charge >= 0.3 is 0 Å². The van der Waals surface area contributed by atoms with Gasteiger partial charge in [-0.1, -0.05) is 11.6 Å². The van der Waals surface area contributed by atoms with Crippen molar-refractivity contribution in [2.75, 3.05) is 7.11 Å². The molecule has 0 saturated heterocycles. The van der Waals surface area contributed by atoms with Crippen molar-refractivity contribution in [1.82, 2.24) is 9.97 Å². The van der Waals surface area contributed by atoms with E-state index in [1.54, 1.807) is 13.2 Å². The smallest absolute Gasteiger partial charge is 0.144 e. The molecule has 2 rings (SSSR count). The zero-order valence-electron chi connectivity index (χ0n) is 8.20. The average molecular weight is 224 g/mol. The summed E-state index contributed by atoms with van der Waals surface area (Å²) in [5.41, 5.74) is 6.23. The summed E-state index contributed by atoms with van der Waals surface area (Å²) in [7, 11) is 1.60. The van der Waals surface area contributed by atoms with Crippen molar-refractivity contribution in [3.8, 4) is 5.75 Å². The van der Waals surface area contributed by atoms with E-state index >= 15 is 0 Å². The second-order valence-electron chi connectivity index (χ2n) is 3.02. The van der Waals surface area contributed by atoms with Crippen molar-refractivity contribution in [3.05, 3.63) is 29.2 Å². The summed E-state index contributed by atoms with van der Waals surface area (Å²) in [5, 5.41) is 1.17. The second kappa shape index (κ2) is 4.00. The third-order valence-corrected chi connectivity index (χ3v) is 2.37. The van der Waals surface area contributed by atoms with Crippen molar-refractivity contribution in [2.24, 2.45) is 5.73 Å². The first-order chi connectivity index (χ1) is 7.24. The van der Waals surface area contributed by atoms with Crippen LogP contribution in [0.2, 0.25) is 5.15 Å². The fraction of sp³-hybridized carbons (Fsp3) is 0.200. The van der Waals surface area contributed by atoms with Crippen LogP contribution in [0.4, 0.5) is 0 Å². The average Bonchev–Trinajstić information content (AvgIpc) is 2.28. The third kappa shape index (κ3) is 1.86. The number of ether oxygens (including phenoxy) is 1.